The Morgan fingerprint density at radius 2 is 1.52 bits per heavy atom. The third-order valence-corrected chi connectivity index (χ3v) is 6.74. The summed E-state index contributed by atoms with van der Waals surface area (Å²) in [4.78, 5) is 36.0. The number of carbonyl (C=O) groups excluding carboxylic acids is 1. The molecule has 0 spiro atoms. The highest BCUT2D eigenvalue weighted by molar-refractivity contribution is 5.68. The third kappa shape index (κ3) is 7.28. The number of non-ortho nitro benzene ring substituents is 2. The monoisotopic (exact) mass is 539 g/mol. The Kier molecular flexibility index (Phi) is 9.19. The van der Waals surface area contributed by atoms with Crippen molar-refractivity contribution in [1.82, 2.24) is 4.90 Å². The summed E-state index contributed by atoms with van der Waals surface area (Å²) >= 11 is 0. The minimum absolute atomic E-state index is 0.00865. The van der Waals surface area contributed by atoms with Gasteiger partial charge in [0.15, 0.2) is 0 Å². The van der Waals surface area contributed by atoms with E-state index in [-0.39, 0.29) is 37.0 Å². The molecule has 0 bridgehead atoms. The Balaban J connectivity index is 1.51. The predicted molar refractivity (Wildman–Crippen MR) is 152 cm³/mol. The first-order valence-electron chi connectivity index (χ1n) is 12.8. The fourth-order valence-electron chi connectivity index (χ4n) is 4.50. The van der Waals surface area contributed by atoms with Crippen molar-refractivity contribution in [2.24, 2.45) is 0 Å². The summed E-state index contributed by atoms with van der Waals surface area (Å²) in [6.45, 7) is 4.76. The van der Waals surface area contributed by atoms with E-state index in [0.29, 0.717) is 12.0 Å². The molecule has 9 nitrogen and oxygen atoms in total. The van der Waals surface area contributed by atoms with Gasteiger partial charge in [0.05, 0.1) is 9.85 Å². The first kappa shape index (κ1) is 28.0. The lowest BCUT2D eigenvalue weighted by Gasteiger charge is -2.25. The van der Waals surface area contributed by atoms with Crippen molar-refractivity contribution in [3.8, 4) is 0 Å². The van der Waals surface area contributed by atoms with Crippen LogP contribution < -0.4 is 0 Å². The summed E-state index contributed by atoms with van der Waals surface area (Å²) in [5, 5.41) is 22.0. The number of nitro benzene ring substituents is 2. The molecule has 0 aromatic heterocycles. The number of hydrogen-bond donors (Lipinski definition) is 0. The summed E-state index contributed by atoms with van der Waals surface area (Å²) in [6, 6.07) is 20.2. The highest BCUT2D eigenvalue weighted by Gasteiger charge is 2.22. The first-order valence-corrected chi connectivity index (χ1v) is 12.8. The van der Waals surface area contributed by atoms with Gasteiger partial charge in [0.2, 0.25) is 0 Å². The normalized spacial score (nSPS) is 16.0. The summed E-state index contributed by atoms with van der Waals surface area (Å²) in [5.74, 6) is -0.229. The van der Waals surface area contributed by atoms with E-state index >= 15 is 0 Å². The lowest BCUT2D eigenvalue weighted by Crippen LogP contribution is -2.34. The molecule has 0 saturated heterocycles. The highest BCUT2D eigenvalue weighted by Crippen LogP contribution is 2.29. The Morgan fingerprint density at radius 1 is 0.900 bits per heavy atom. The van der Waals surface area contributed by atoms with Gasteiger partial charge < -0.3 is 9.64 Å². The minimum Gasteiger partial charge on any atom is -0.448 e. The van der Waals surface area contributed by atoms with Crippen molar-refractivity contribution in [3.63, 3.8) is 0 Å². The molecular formula is C31H29N3O6. The number of rotatable bonds is 9. The van der Waals surface area contributed by atoms with Crippen molar-refractivity contribution in [1.29, 1.82) is 0 Å². The largest absolute Gasteiger partial charge is 0.448 e. The quantitative estimate of drug-likeness (QED) is 0.221. The number of fused-ring (bicyclic) bond motifs is 1. The van der Waals surface area contributed by atoms with Crippen LogP contribution in [0.3, 0.4) is 0 Å². The minimum atomic E-state index is -0.535. The molecule has 1 unspecified atom stereocenters. The maximum atomic E-state index is 13.4. The van der Waals surface area contributed by atoms with Crippen molar-refractivity contribution >= 4 is 17.5 Å². The van der Waals surface area contributed by atoms with Gasteiger partial charge in [-0.15, -0.1) is 0 Å². The van der Waals surface area contributed by atoms with E-state index in [9.17, 15) is 25.0 Å². The molecule has 9 heteroatoms. The molecule has 0 N–H and O–H groups in total. The number of ether oxygens (including phenoxy) is 1. The molecule has 0 radical (unpaired) electrons. The fraction of sp³-hybridized carbons (Fsp3) is 0.194. The smallest absolute Gasteiger partial charge is 0.410 e. The molecule has 204 valence electrons. The molecule has 4 rings (SSSR count). The average molecular weight is 540 g/mol. The summed E-state index contributed by atoms with van der Waals surface area (Å²) < 4.78 is 5.86. The van der Waals surface area contributed by atoms with E-state index in [1.165, 1.54) is 29.2 Å². The van der Waals surface area contributed by atoms with Crippen LogP contribution >= 0.6 is 0 Å². The zero-order valence-electron chi connectivity index (χ0n) is 21.8. The Bertz CT molecular complexity index is 1440. The number of hydrogen-bond acceptors (Lipinski definition) is 6. The van der Waals surface area contributed by atoms with Crippen LogP contribution in [0.25, 0.3) is 0 Å². The SMILES string of the molecule is C=C1/C=C\C=C/Cc2ccccc2C1COC(=O)N(CCc1ccc([N+](=O)[O-])cc1)Cc1ccc([N+](=O)[O-])cc1. The first-order chi connectivity index (χ1) is 19.3. The van der Waals surface area contributed by atoms with Crippen molar-refractivity contribution in [2.45, 2.75) is 25.3 Å². The molecule has 1 amide bonds. The topological polar surface area (TPSA) is 116 Å². The van der Waals surface area contributed by atoms with Crippen LogP contribution in [0, 0.1) is 20.2 Å². The summed E-state index contributed by atoms with van der Waals surface area (Å²) in [6.07, 6.45) is 8.54. The maximum absolute atomic E-state index is 13.4. The summed E-state index contributed by atoms with van der Waals surface area (Å²) in [5.41, 5.74) is 4.48. The second-order valence-electron chi connectivity index (χ2n) is 9.41. The van der Waals surface area contributed by atoms with Crippen molar-refractivity contribution in [3.05, 3.63) is 152 Å². The molecular weight excluding hydrogens is 510 g/mol. The summed E-state index contributed by atoms with van der Waals surface area (Å²) in [7, 11) is 0. The number of nitro groups is 2. The van der Waals surface area contributed by atoms with Gasteiger partial charge in [-0.3, -0.25) is 20.2 Å². The number of benzene rings is 3. The average Bonchev–Trinajstić information content (AvgIpc) is 3.03. The molecule has 0 heterocycles. The standard InChI is InChI=1S/C31H29N3O6/c1-23-7-3-2-4-8-26-9-5-6-10-29(26)30(23)22-40-31(35)32(21-25-13-17-28(18-14-25)34(38)39)20-19-24-11-15-27(16-12-24)33(36)37/h2-7,9-18,30H,1,8,19-22H2/b4-2-,7-3-. The van der Waals surface area contributed by atoms with Gasteiger partial charge in [-0.05, 0) is 40.7 Å². The maximum Gasteiger partial charge on any atom is 0.410 e. The van der Waals surface area contributed by atoms with E-state index in [1.807, 2.05) is 36.4 Å². The van der Waals surface area contributed by atoms with E-state index < -0.39 is 15.9 Å². The second kappa shape index (κ2) is 13.1. The third-order valence-electron chi connectivity index (χ3n) is 6.74. The van der Waals surface area contributed by atoms with Crippen LogP contribution in [0.4, 0.5) is 16.2 Å². The van der Waals surface area contributed by atoms with Crippen LogP contribution in [-0.4, -0.2) is 34.0 Å². The zero-order chi connectivity index (χ0) is 28.5. The Hall–Kier alpha value is -5.05. The van der Waals surface area contributed by atoms with E-state index in [2.05, 4.69) is 18.7 Å². The molecule has 1 aliphatic rings. The number of nitrogens with zero attached hydrogens (tertiary/aromatic N) is 3. The molecule has 3 aromatic rings. The van der Waals surface area contributed by atoms with Gasteiger partial charge >= 0.3 is 6.09 Å². The van der Waals surface area contributed by atoms with Crippen molar-refractivity contribution < 1.29 is 19.4 Å². The van der Waals surface area contributed by atoms with Crippen LogP contribution in [0.15, 0.2) is 109 Å². The molecule has 1 atom stereocenters. The molecule has 0 saturated carbocycles. The van der Waals surface area contributed by atoms with Crippen LogP contribution in [0.2, 0.25) is 0 Å². The van der Waals surface area contributed by atoms with Crippen LogP contribution in [0.5, 0.6) is 0 Å². The van der Waals surface area contributed by atoms with E-state index in [0.717, 1.165) is 28.7 Å². The van der Waals surface area contributed by atoms with Gasteiger partial charge in [-0.1, -0.05) is 79.4 Å². The van der Waals surface area contributed by atoms with Gasteiger partial charge in [-0.2, -0.15) is 0 Å². The Morgan fingerprint density at radius 3 is 2.17 bits per heavy atom. The number of amides is 1. The fourth-order valence-corrected chi connectivity index (χ4v) is 4.50. The lowest BCUT2D eigenvalue weighted by molar-refractivity contribution is -0.385. The van der Waals surface area contributed by atoms with E-state index in [1.54, 1.807) is 24.3 Å². The predicted octanol–water partition coefficient (Wildman–Crippen LogP) is 6.69. The number of allylic oxidation sites excluding steroid dienone is 4. The van der Waals surface area contributed by atoms with Gasteiger partial charge in [0.1, 0.15) is 6.61 Å². The second-order valence-corrected chi connectivity index (χ2v) is 9.41. The molecule has 40 heavy (non-hydrogen) atoms. The molecule has 0 aliphatic heterocycles. The van der Waals surface area contributed by atoms with Gasteiger partial charge in [-0.25, -0.2) is 4.79 Å². The molecule has 1 aliphatic carbocycles. The Labute approximate surface area is 232 Å². The van der Waals surface area contributed by atoms with Crippen molar-refractivity contribution in [2.75, 3.05) is 13.2 Å². The molecule has 3 aromatic carbocycles. The van der Waals surface area contributed by atoms with Gasteiger partial charge in [0.25, 0.3) is 11.4 Å². The number of carbonyl (C=O) groups is 1. The highest BCUT2D eigenvalue weighted by atomic mass is 16.6. The molecule has 0 fully saturated rings. The zero-order valence-corrected chi connectivity index (χ0v) is 21.8. The van der Waals surface area contributed by atoms with E-state index in [4.69, 9.17) is 4.74 Å². The lowest BCUT2D eigenvalue weighted by atomic mass is 9.88. The van der Waals surface area contributed by atoms with Crippen LogP contribution in [0.1, 0.15) is 28.2 Å². The van der Waals surface area contributed by atoms with Crippen LogP contribution in [-0.2, 0) is 24.1 Å². The van der Waals surface area contributed by atoms with Gasteiger partial charge in [0, 0.05) is 43.3 Å².